The number of hydrogen-bond donors (Lipinski definition) is 2. The largest absolute Gasteiger partial charge is 0.368 e. The van der Waals surface area contributed by atoms with Gasteiger partial charge in [0.2, 0.25) is 5.91 Å². The van der Waals surface area contributed by atoms with Crippen LogP contribution >= 0.6 is 0 Å². The minimum atomic E-state index is -1.25. The van der Waals surface area contributed by atoms with Crippen molar-refractivity contribution < 1.29 is 18.0 Å². The number of halogens is 3. The van der Waals surface area contributed by atoms with Gasteiger partial charge in [-0.05, 0) is 13.0 Å². The van der Waals surface area contributed by atoms with Crippen LogP contribution in [0.5, 0.6) is 0 Å². The fourth-order valence-electron chi connectivity index (χ4n) is 1.06. The smallest absolute Gasteiger partial charge is 0.234 e. The second-order valence-corrected chi connectivity index (χ2v) is 3.36. The zero-order valence-electron chi connectivity index (χ0n) is 8.56. The molecule has 1 atom stereocenters. The van der Waals surface area contributed by atoms with Gasteiger partial charge >= 0.3 is 0 Å². The van der Waals surface area contributed by atoms with Crippen LogP contribution < -0.4 is 11.1 Å². The van der Waals surface area contributed by atoms with Crippen LogP contribution in [-0.2, 0) is 11.3 Å². The normalized spacial score (nSPS) is 12.5. The molecule has 0 spiro atoms. The van der Waals surface area contributed by atoms with Crippen LogP contribution in [0.3, 0.4) is 0 Å². The fraction of sp³-hybridized carbons (Fsp3) is 0.300. The molecular weight excluding hydrogens is 221 g/mol. The number of benzene rings is 1. The zero-order chi connectivity index (χ0) is 12.3. The van der Waals surface area contributed by atoms with Crippen molar-refractivity contribution in [1.29, 1.82) is 0 Å². The van der Waals surface area contributed by atoms with Crippen LogP contribution in [0, 0.1) is 17.5 Å². The molecule has 16 heavy (non-hydrogen) atoms. The summed E-state index contributed by atoms with van der Waals surface area (Å²) in [5.41, 5.74) is 4.90. The van der Waals surface area contributed by atoms with Gasteiger partial charge < -0.3 is 11.1 Å². The number of rotatable bonds is 4. The van der Waals surface area contributed by atoms with Gasteiger partial charge in [0.15, 0.2) is 11.6 Å². The summed E-state index contributed by atoms with van der Waals surface area (Å²) in [5.74, 6) is -3.86. The number of hydrogen-bond acceptors (Lipinski definition) is 2. The van der Waals surface area contributed by atoms with Crippen LogP contribution in [0.25, 0.3) is 0 Å². The van der Waals surface area contributed by atoms with Gasteiger partial charge in [0.1, 0.15) is 5.82 Å². The molecule has 0 radical (unpaired) electrons. The summed E-state index contributed by atoms with van der Waals surface area (Å²) in [6.07, 6.45) is 0. The van der Waals surface area contributed by atoms with E-state index in [1.54, 1.807) is 0 Å². The van der Waals surface area contributed by atoms with Crippen molar-refractivity contribution in [3.05, 3.63) is 35.1 Å². The standard InChI is InChI=1S/C10H11F3N2O/c1-5(10(14)16)15-4-6-2-8(12)9(13)3-7(6)11/h2-3,5,15H,4H2,1H3,(H2,14,16)/t5-/m0/s1. The van der Waals surface area contributed by atoms with Crippen LogP contribution in [-0.4, -0.2) is 11.9 Å². The molecule has 1 rings (SSSR count). The highest BCUT2D eigenvalue weighted by Gasteiger charge is 2.12. The molecule has 0 heterocycles. The van der Waals surface area contributed by atoms with Gasteiger partial charge in [0.25, 0.3) is 0 Å². The van der Waals surface area contributed by atoms with Gasteiger partial charge in [0, 0.05) is 18.2 Å². The summed E-state index contributed by atoms with van der Waals surface area (Å²) >= 11 is 0. The van der Waals surface area contributed by atoms with Gasteiger partial charge in [-0.25, -0.2) is 13.2 Å². The van der Waals surface area contributed by atoms with E-state index in [1.165, 1.54) is 6.92 Å². The predicted molar refractivity (Wildman–Crippen MR) is 51.8 cm³/mol. The van der Waals surface area contributed by atoms with Crippen molar-refractivity contribution in [1.82, 2.24) is 5.32 Å². The third kappa shape index (κ3) is 2.96. The average Bonchev–Trinajstić information content (AvgIpc) is 2.20. The van der Waals surface area contributed by atoms with Crippen molar-refractivity contribution in [2.75, 3.05) is 0 Å². The number of nitrogens with two attached hydrogens (primary N) is 1. The van der Waals surface area contributed by atoms with E-state index in [1.807, 2.05) is 0 Å². The first kappa shape index (κ1) is 12.5. The maximum Gasteiger partial charge on any atom is 0.234 e. The van der Waals surface area contributed by atoms with Crippen LogP contribution in [0.1, 0.15) is 12.5 Å². The van der Waals surface area contributed by atoms with E-state index in [0.29, 0.717) is 6.07 Å². The van der Waals surface area contributed by atoms with Crippen molar-refractivity contribution >= 4 is 5.91 Å². The number of carbonyl (C=O) groups is 1. The summed E-state index contributed by atoms with van der Waals surface area (Å²) in [7, 11) is 0. The van der Waals surface area contributed by atoms with E-state index in [2.05, 4.69) is 5.32 Å². The van der Waals surface area contributed by atoms with Gasteiger partial charge in [-0.3, -0.25) is 4.79 Å². The topological polar surface area (TPSA) is 55.1 Å². The van der Waals surface area contributed by atoms with E-state index < -0.39 is 29.4 Å². The van der Waals surface area contributed by atoms with Gasteiger partial charge in [0.05, 0.1) is 6.04 Å². The molecule has 0 aliphatic rings. The van der Waals surface area contributed by atoms with Gasteiger partial charge in [-0.1, -0.05) is 0 Å². The van der Waals surface area contributed by atoms with Crippen LogP contribution in [0.4, 0.5) is 13.2 Å². The molecule has 0 fully saturated rings. The SMILES string of the molecule is C[C@H](NCc1cc(F)c(F)cc1F)C(N)=O. The summed E-state index contributed by atoms with van der Waals surface area (Å²) in [4.78, 5) is 10.7. The minimum Gasteiger partial charge on any atom is -0.368 e. The molecule has 88 valence electrons. The van der Waals surface area contributed by atoms with Crippen LogP contribution in [0.15, 0.2) is 12.1 Å². The van der Waals surface area contributed by atoms with Crippen molar-refractivity contribution in [3.63, 3.8) is 0 Å². The van der Waals surface area contributed by atoms with Crippen LogP contribution in [0.2, 0.25) is 0 Å². The lowest BCUT2D eigenvalue weighted by Crippen LogP contribution is -2.38. The Morgan fingerprint density at radius 2 is 1.88 bits per heavy atom. The summed E-state index contributed by atoms with van der Waals surface area (Å²) < 4.78 is 38.5. The number of amides is 1. The predicted octanol–water partition coefficient (Wildman–Crippen LogP) is 1.07. The van der Waals surface area contributed by atoms with Gasteiger partial charge in [-0.2, -0.15) is 0 Å². The molecule has 0 aliphatic carbocycles. The molecule has 1 amide bonds. The Morgan fingerprint density at radius 3 is 2.44 bits per heavy atom. The Labute approximate surface area is 90.4 Å². The summed E-state index contributed by atoms with van der Waals surface area (Å²) in [5, 5.41) is 2.58. The van der Waals surface area contributed by atoms with E-state index >= 15 is 0 Å². The van der Waals surface area contributed by atoms with Crippen molar-refractivity contribution in [2.24, 2.45) is 5.73 Å². The Bertz CT molecular complexity index is 409. The highest BCUT2D eigenvalue weighted by molar-refractivity contribution is 5.79. The van der Waals surface area contributed by atoms with Crippen molar-refractivity contribution in [3.8, 4) is 0 Å². The monoisotopic (exact) mass is 232 g/mol. The first-order valence-corrected chi connectivity index (χ1v) is 4.58. The first-order valence-electron chi connectivity index (χ1n) is 4.58. The zero-order valence-corrected chi connectivity index (χ0v) is 8.56. The highest BCUT2D eigenvalue weighted by Crippen LogP contribution is 2.13. The fourth-order valence-corrected chi connectivity index (χ4v) is 1.06. The Hall–Kier alpha value is -1.56. The molecule has 0 bridgehead atoms. The second kappa shape index (κ2) is 4.98. The summed E-state index contributed by atoms with van der Waals surface area (Å²) in [6, 6.07) is 0.527. The number of primary amides is 1. The molecule has 6 heteroatoms. The maximum atomic E-state index is 13.1. The quantitative estimate of drug-likeness (QED) is 0.763. The lowest BCUT2D eigenvalue weighted by Gasteiger charge is -2.10. The van der Waals surface area contributed by atoms with E-state index in [4.69, 9.17) is 5.73 Å². The molecule has 3 nitrogen and oxygen atoms in total. The molecule has 0 aliphatic heterocycles. The maximum absolute atomic E-state index is 13.1. The summed E-state index contributed by atoms with van der Waals surface area (Å²) in [6.45, 7) is 1.38. The molecule has 0 unspecified atom stereocenters. The lowest BCUT2D eigenvalue weighted by atomic mass is 10.2. The second-order valence-electron chi connectivity index (χ2n) is 3.36. The molecule has 3 N–H and O–H groups in total. The van der Waals surface area contributed by atoms with Gasteiger partial charge in [-0.15, -0.1) is 0 Å². The molecule has 0 saturated heterocycles. The molecule has 1 aromatic rings. The first-order chi connectivity index (χ1) is 7.41. The Morgan fingerprint density at radius 1 is 1.31 bits per heavy atom. The Kier molecular flexibility index (Phi) is 3.89. The average molecular weight is 232 g/mol. The Balaban J connectivity index is 2.74. The minimum absolute atomic E-state index is 0.0630. The van der Waals surface area contributed by atoms with Crippen molar-refractivity contribution in [2.45, 2.75) is 19.5 Å². The van der Waals surface area contributed by atoms with E-state index in [9.17, 15) is 18.0 Å². The highest BCUT2D eigenvalue weighted by atomic mass is 19.2. The molecular formula is C10H11F3N2O. The molecule has 0 saturated carbocycles. The third-order valence-electron chi connectivity index (χ3n) is 2.11. The number of nitrogens with one attached hydrogen (secondary N) is 1. The molecule has 0 aromatic heterocycles. The lowest BCUT2D eigenvalue weighted by molar-refractivity contribution is -0.119. The molecule has 1 aromatic carbocycles. The van der Waals surface area contributed by atoms with E-state index in [0.717, 1.165) is 6.07 Å². The van der Waals surface area contributed by atoms with E-state index in [-0.39, 0.29) is 12.1 Å². The number of carbonyl (C=O) groups excluding carboxylic acids is 1. The third-order valence-corrected chi connectivity index (χ3v) is 2.11.